The molecule has 1 aromatic carbocycles. The molecule has 6 heteroatoms. The third-order valence-corrected chi connectivity index (χ3v) is 5.94. The van der Waals surface area contributed by atoms with Gasteiger partial charge in [0.25, 0.3) is 0 Å². The Bertz CT molecular complexity index is 1010. The standard InChI is InChI=1S/C22H24N4OS/c1-14(2)26-19-9-8-15(11-16(19)22(3,4)24-12-20(26)27)18-13-28-21(25-18)17-7-5-6-10-23-17/h5-11,13-14,24H,12H2,1-4H3. The number of carbonyl (C=O) groups is 1. The van der Waals surface area contributed by atoms with Crippen molar-refractivity contribution in [3.63, 3.8) is 0 Å². The fraction of sp³-hybridized carbons (Fsp3) is 0.318. The van der Waals surface area contributed by atoms with Gasteiger partial charge in [-0.3, -0.25) is 15.1 Å². The van der Waals surface area contributed by atoms with Crippen molar-refractivity contribution >= 4 is 22.9 Å². The van der Waals surface area contributed by atoms with Gasteiger partial charge in [-0.1, -0.05) is 12.1 Å². The van der Waals surface area contributed by atoms with Gasteiger partial charge in [0, 0.05) is 34.4 Å². The maximum atomic E-state index is 12.7. The maximum Gasteiger partial charge on any atom is 0.241 e. The lowest BCUT2D eigenvalue weighted by Crippen LogP contribution is -2.42. The first kappa shape index (κ1) is 18.8. The van der Waals surface area contributed by atoms with Gasteiger partial charge in [0.05, 0.1) is 17.9 Å². The zero-order chi connectivity index (χ0) is 19.9. The summed E-state index contributed by atoms with van der Waals surface area (Å²) in [5, 5.41) is 6.37. The molecule has 0 bridgehead atoms. The van der Waals surface area contributed by atoms with E-state index in [4.69, 9.17) is 4.98 Å². The number of thiazole rings is 1. The molecular formula is C22H24N4OS. The first-order valence-electron chi connectivity index (χ1n) is 9.46. The van der Waals surface area contributed by atoms with E-state index in [1.807, 2.05) is 36.9 Å². The molecule has 1 aliphatic rings. The molecule has 3 heterocycles. The maximum absolute atomic E-state index is 12.7. The first-order valence-corrected chi connectivity index (χ1v) is 10.3. The third-order valence-electron chi connectivity index (χ3n) is 5.08. The van der Waals surface area contributed by atoms with Crippen molar-refractivity contribution in [3.8, 4) is 22.0 Å². The molecule has 5 nitrogen and oxygen atoms in total. The van der Waals surface area contributed by atoms with Gasteiger partial charge < -0.3 is 4.90 Å². The van der Waals surface area contributed by atoms with E-state index >= 15 is 0 Å². The highest BCUT2D eigenvalue weighted by atomic mass is 32.1. The summed E-state index contributed by atoms with van der Waals surface area (Å²) in [5.74, 6) is 0.0978. The quantitative estimate of drug-likeness (QED) is 0.715. The van der Waals surface area contributed by atoms with Crippen LogP contribution in [0.2, 0.25) is 0 Å². The van der Waals surface area contributed by atoms with Crippen LogP contribution in [0, 0.1) is 0 Å². The molecule has 0 aliphatic carbocycles. The Balaban J connectivity index is 1.79. The monoisotopic (exact) mass is 392 g/mol. The van der Waals surface area contributed by atoms with E-state index in [9.17, 15) is 4.79 Å². The minimum absolute atomic E-state index is 0.0978. The van der Waals surface area contributed by atoms with E-state index in [0.717, 1.165) is 33.2 Å². The summed E-state index contributed by atoms with van der Waals surface area (Å²) in [7, 11) is 0. The molecule has 1 N–H and O–H groups in total. The number of nitrogens with zero attached hydrogens (tertiary/aromatic N) is 3. The largest absolute Gasteiger partial charge is 0.308 e. The molecule has 0 spiro atoms. The summed E-state index contributed by atoms with van der Waals surface area (Å²) < 4.78 is 0. The molecule has 0 saturated heterocycles. The molecule has 0 unspecified atom stereocenters. The Kier molecular flexibility index (Phi) is 4.77. The molecule has 0 saturated carbocycles. The molecule has 2 aromatic heterocycles. The van der Waals surface area contributed by atoms with E-state index in [-0.39, 0.29) is 17.5 Å². The predicted molar refractivity (Wildman–Crippen MR) is 114 cm³/mol. The molecule has 0 atom stereocenters. The second kappa shape index (κ2) is 7.11. The molecule has 3 aromatic rings. The van der Waals surface area contributed by atoms with Crippen LogP contribution in [-0.4, -0.2) is 28.5 Å². The number of fused-ring (bicyclic) bond motifs is 1. The van der Waals surface area contributed by atoms with Gasteiger partial charge in [-0.2, -0.15) is 0 Å². The lowest BCUT2D eigenvalue weighted by molar-refractivity contribution is -0.118. The number of rotatable bonds is 3. The zero-order valence-electron chi connectivity index (χ0n) is 16.6. The summed E-state index contributed by atoms with van der Waals surface area (Å²) in [6, 6.07) is 12.2. The average molecular weight is 393 g/mol. The molecule has 28 heavy (non-hydrogen) atoms. The molecule has 0 fully saturated rings. The Hall–Kier alpha value is -2.57. The van der Waals surface area contributed by atoms with Gasteiger partial charge in [-0.05, 0) is 57.5 Å². The van der Waals surface area contributed by atoms with E-state index in [0.29, 0.717) is 6.54 Å². The second-order valence-electron chi connectivity index (χ2n) is 7.82. The second-order valence-corrected chi connectivity index (χ2v) is 8.68. The topological polar surface area (TPSA) is 58.1 Å². The van der Waals surface area contributed by atoms with Crippen LogP contribution in [0.1, 0.15) is 33.3 Å². The number of benzene rings is 1. The third kappa shape index (κ3) is 3.34. The average Bonchev–Trinajstić information content (AvgIpc) is 3.14. The number of pyridine rings is 1. The van der Waals surface area contributed by atoms with E-state index in [2.05, 4.69) is 47.7 Å². The van der Waals surface area contributed by atoms with E-state index in [1.165, 1.54) is 0 Å². The van der Waals surface area contributed by atoms with Crippen molar-refractivity contribution in [2.45, 2.75) is 39.3 Å². The smallest absolute Gasteiger partial charge is 0.241 e. The van der Waals surface area contributed by atoms with Gasteiger partial charge in [-0.15, -0.1) is 11.3 Å². The number of anilines is 1. The zero-order valence-corrected chi connectivity index (χ0v) is 17.4. The highest BCUT2D eigenvalue weighted by Crippen LogP contribution is 2.37. The molecular weight excluding hydrogens is 368 g/mol. The summed E-state index contributed by atoms with van der Waals surface area (Å²) >= 11 is 1.59. The summed E-state index contributed by atoms with van der Waals surface area (Å²) in [6.07, 6.45) is 1.78. The SMILES string of the molecule is CC(C)N1C(=O)CNC(C)(C)c2cc(-c3csc(-c4ccccn4)n3)ccc21. The van der Waals surface area contributed by atoms with Gasteiger partial charge in [0.1, 0.15) is 5.01 Å². The van der Waals surface area contributed by atoms with Crippen LogP contribution >= 0.6 is 11.3 Å². The van der Waals surface area contributed by atoms with Gasteiger partial charge in [0.2, 0.25) is 5.91 Å². The highest BCUT2D eigenvalue weighted by molar-refractivity contribution is 7.13. The minimum Gasteiger partial charge on any atom is -0.308 e. The number of hydrogen-bond donors (Lipinski definition) is 1. The van der Waals surface area contributed by atoms with Crippen molar-refractivity contribution < 1.29 is 4.79 Å². The van der Waals surface area contributed by atoms with Crippen molar-refractivity contribution in [3.05, 3.63) is 53.5 Å². The van der Waals surface area contributed by atoms with Gasteiger partial charge in [-0.25, -0.2) is 4.98 Å². The Morgan fingerprint density at radius 1 is 1.18 bits per heavy atom. The van der Waals surface area contributed by atoms with Crippen LogP contribution in [0.15, 0.2) is 48.0 Å². The highest BCUT2D eigenvalue weighted by Gasteiger charge is 2.33. The van der Waals surface area contributed by atoms with Crippen LogP contribution in [0.3, 0.4) is 0 Å². The summed E-state index contributed by atoms with van der Waals surface area (Å²) in [6.45, 7) is 8.66. The number of carbonyl (C=O) groups excluding carboxylic acids is 1. The number of nitrogens with one attached hydrogen (secondary N) is 1. The summed E-state index contributed by atoms with van der Waals surface area (Å²) in [5.41, 5.74) is 4.62. The molecule has 0 radical (unpaired) electrons. The van der Waals surface area contributed by atoms with Crippen LogP contribution in [0.4, 0.5) is 5.69 Å². The normalized spacial score (nSPS) is 16.2. The number of hydrogen-bond acceptors (Lipinski definition) is 5. The van der Waals surface area contributed by atoms with Crippen LogP contribution in [0.25, 0.3) is 22.0 Å². The molecule has 1 aliphatic heterocycles. The van der Waals surface area contributed by atoms with Crippen molar-refractivity contribution in [1.29, 1.82) is 0 Å². The van der Waals surface area contributed by atoms with Crippen LogP contribution in [-0.2, 0) is 10.3 Å². The van der Waals surface area contributed by atoms with Crippen molar-refractivity contribution in [2.75, 3.05) is 11.4 Å². The summed E-state index contributed by atoms with van der Waals surface area (Å²) in [4.78, 5) is 23.7. The van der Waals surface area contributed by atoms with Crippen LogP contribution < -0.4 is 10.2 Å². The number of aromatic nitrogens is 2. The van der Waals surface area contributed by atoms with E-state index in [1.54, 1.807) is 17.5 Å². The van der Waals surface area contributed by atoms with E-state index < -0.39 is 0 Å². The molecule has 4 rings (SSSR count). The molecule has 1 amide bonds. The fourth-order valence-corrected chi connectivity index (χ4v) is 4.40. The van der Waals surface area contributed by atoms with Gasteiger partial charge in [0.15, 0.2) is 0 Å². The minimum atomic E-state index is -0.315. The first-order chi connectivity index (χ1) is 13.4. The fourth-order valence-electron chi connectivity index (χ4n) is 3.60. The van der Waals surface area contributed by atoms with Crippen molar-refractivity contribution in [2.24, 2.45) is 0 Å². The lowest BCUT2D eigenvalue weighted by atomic mass is 9.90. The Morgan fingerprint density at radius 3 is 2.71 bits per heavy atom. The number of amides is 1. The Labute approximate surface area is 169 Å². The lowest BCUT2D eigenvalue weighted by Gasteiger charge is -2.30. The molecule has 144 valence electrons. The van der Waals surface area contributed by atoms with Crippen molar-refractivity contribution in [1.82, 2.24) is 15.3 Å². The predicted octanol–water partition coefficient (Wildman–Crippen LogP) is 4.45. The Morgan fingerprint density at radius 2 is 2.00 bits per heavy atom. The van der Waals surface area contributed by atoms with Gasteiger partial charge >= 0.3 is 0 Å². The van der Waals surface area contributed by atoms with Crippen LogP contribution in [0.5, 0.6) is 0 Å².